The summed E-state index contributed by atoms with van der Waals surface area (Å²) in [6, 6.07) is 5.63. The number of benzene rings is 1. The van der Waals surface area contributed by atoms with Gasteiger partial charge in [0.15, 0.2) is 17.4 Å². The van der Waals surface area contributed by atoms with Crippen LogP contribution in [-0.4, -0.2) is 65.5 Å². The zero-order valence-electron chi connectivity index (χ0n) is 19.8. The molecular weight excluding hydrogens is 463 g/mol. The van der Waals surface area contributed by atoms with E-state index < -0.39 is 6.36 Å². The van der Waals surface area contributed by atoms with Gasteiger partial charge in [-0.3, -0.25) is 0 Å². The molecule has 12 heteroatoms. The molecule has 4 heterocycles. The van der Waals surface area contributed by atoms with E-state index in [9.17, 15) is 13.2 Å². The fourth-order valence-corrected chi connectivity index (χ4v) is 4.80. The summed E-state index contributed by atoms with van der Waals surface area (Å²) < 4.78 is 50.3. The number of alkyl halides is 3. The second-order valence-corrected chi connectivity index (χ2v) is 9.99. The van der Waals surface area contributed by atoms with Crippen molar-refractivity contribution >= 4 is 17.2 Å². The first kappa shape index (κ1) is 23.5. The van der Waals surface area contributed by atoms with Gasteiger partial charge in [0.25, 0.3) is 0 Å². The molecule has 1 aromatic carbocycles. The Kier molecular flexibility index (Phi) is 5.65. The first-order valence-electron chi connectivity index (χ1n) is 11.5. The van der Waals surface area contributed by atoms with Gasteiger partial charge in [0.2, 0.25) is 5.65 Å². The van der Waals surface area contributed by atoms with Gasteiger partial charge in [0.1, 0.15) is 11.4 Å². The summed E-state index contributed by atoms with van der Waals surface area (Å²) in [6.07, 6.45) is -2.94. The molecule has 3 aromatic rings. The Morgan fingerprint density at radius 3 is 2.77 bits per heavy atom. The molecule has 188 valence electrons. The van der Waals surface area contributed by atoms with Crippen LogP contribution >= 0.6 is 0 Å². The molecule has 2 aliphatic rings. The maximum absolute atomic E-state index is 12.8. The van der Waals surface area contributed by atoms with Crippen LogP contribution in [0.5, 0.6) is 11.5 Å². The number of piperidine rings is 1. The standard InChI is InChI=1S/C23H28F3N7O2/c1-22(2)12-31(3)17-18(34-13-22)21-29-28-19(14-6-4-8-16(10-14)35-23(24,25)26)33(21)30-20(17)32-9-5-7-15(27)11-32/h4,6,8,10,15H,5,7,9,11-13,27H2,1-3H3/t15-/m0/s1. The van der Waals surface area contributed by atoms with Crippen molar-refractivity contribution in [2.75, 3.05) is 43.1 Å². The molecule has 2 N–H and O–H groups in total. The van der Waals surface area contributed by atoms with Crippen molar-refractivity contribution < 1.29 is 22.6 Å². The van der Waals surface area contributed by atoms with Crippen molar-refractivity contribution in [1.29, 1.82) is 0 Å². The highest BCUT2D eigenvalue weighted by Gasteiger charge is 2.35. The molecule has 1 fully saturated rings. The SMILES string of the molecule is CN1CC(C)(C)COc2c1c(N1CCC[C@H](N)C1)nn1c(-c3cccc(OC(F)(F)F)c3)nnc21. The van der Waals surface area contributed by atoms with Gasteiger partial charge in [-0.05, 0) is 25.0 Å². The fourth-order valence-electron chi connectivity index (χ4n) is 4.80. The van der Waals surface area contributed by atoms with Gasteiger partial charge >= 0.3 is 6.36 Å². The maximum atomic E-state index is 12.8. The van der Waals surface area contributed by atoms with Crippen LogP contribution in [0.2, 0.25) is 0 Å². The van der Waals surface area contributed by atoms with Gasteiger partial charge < -0.3 is 25.0 Å². The van der Waals surface area contributed by atoms with E-state index in [1.54, 1.807) is 6.07 Å². The lowest BCUT2D eigenvalue weighted by molar-refractivity contribution is -0.274. The van der Waals surface area contributed by atoms with Crippen LogP contribution in [0.15, 0.2) is 24.3 Å². The average molecular weight is 492 g/mol. The second kappa shape index (κ2) is 8.43. The maximum Gasteiger partial charge on any atom is 0.573 e. The van der Waals surface area contributed by atoms with Crippen LogP contribution in [0, 0.1) is 5.41 Å². The number of hydrogen-bond acceptors (Lipinski definition) is 8. The topological polar surface area (TPSA) is 94.0 Å². The quantitative estimate of drug-likeness (QED) is 0.595. The Labute approximate surface area is 200 Å². The lowest BCUT2D eigenvalue weighted by atomic mass is 9.94. The van der Waals surface area contributed by atoms with Crippen molar-refractivity contribution in [2.45, 2.75) is 39.1 Å². The minimum Gasteiger partial charge on any atom is -0.487 e. The van der Waals surface area contributed by atoms with Crippen molar-refractivity contribution in [3.05, 3.63) is 24.3 Å². The molecule has 0 radical (unpaired) electrons. The Morgan fingerprint density at radius 2 is 2.03 bits per heavy atom. The molecule has 35 heavy (non-hydrogen) atoms. The molecule has 1 atom stereocenters. The third kappa shape index (κ3) is 4.66. The van der Waals surface area contributed by atoms with Crippen molar-refractivity contribution in [3.63, 3.8) is 0 Å². The summed E-state index contributed by atoms with van der Waals surface area (Å²) in [6.45, 7) is 6.86. The second-order valence-electron chi connectivity index (χ2n) is 9.99. The van der Waals surface area contributed by atoms with Crippen molar-refractivity contribution in [3.8, 4) is 22.9 Å². The highest BCUT2D eigenvalue weighted by atomic mass is 19.4. The highest BCUT2D eigenvalue weighted by molar-refractivity contribution is 5.82. The van der Waals surface area contributed by atoms with E-state index in [-0.39, 0.29) is 23.0 Å². The number of anilines is 2. The molecule has 9 nitrogen and oxygen atoms in total. The van der Waals surface area contributed by atoms with Gasteiger partial charge in [0.05, 0.1) is 6.61 Å². The number of fused-ring (bicyclic) bond motifs is 3. The Morgan fingerprint density at radius 1 is 1.23 bits per heavy atom. The smallest absolute Gasteiger partial charge is 0.487 e. The summed E-state index contributed by atoms with van der Waals surface area (Å²) in [7, 11) is 2.00. The van der Waals surface area contributed by atoms with E-state index in [2.05, 4.69) is 38.6 Å². The number of rotatable bonds is 3. The van der Waals surface area contributed by atoms with Gasteiger partial charge in [0, 0.05) is 43.7 Å². The average Bonchev–Trinajstić information content (AvgIpc) is 3.14. The Balaban J connectivity index is 1.68. The number of nitrogens with two attached hydrogens (primary N) is 1. The lowest BCUT2D eigenvalue weighted by Crippen LogP contribution is -2.44. The number of nitrogens with zero attached hydrogens (tertiary/aromatic N) is 6. The van der Waals surface area contributed by atoms with Gasteiger partial charge in [-0.2, -0.15) is 4.52 Å². The van der Waals surface area contributed by atoms with Crippen LogP contribution in [0.3, 0.4) is 0 Å². The minimum absolute atomic E-state index is 0.0157. The van der Waals surface area contributed by atoms with Crippen molar-refractivity contribution in [2.24, 2.45) is 11.1 Å². The lowest BCUT2D eigenvalue weighted by Gasteiger charge is -2.35. The van der Waals surface area contributed by atoms with Crippen LogP contribution in [0.1, 0.15) is 26.7 Å². The number of ether oxygens (including phenoxy) is 2. The number of halogens is 3. The summed E-state index contributed by atoms with van der Waals surface area (Å²) >= 11 is 0. The minimum atomic E-state index is -4.80. The molecule has 2 aromatic heterocycles. The summed E-state index contributed by atoms with van der Waals surface area (Å²) in [5.74, 6) is 1.17. The highest BCUT2D eigenvalue weighted by Crippen LogP contribution is 2.44. The molecule has 0 saturated carbocycles. The van der Waals surface area contributed by atoms with Gasteiger partial charge in [-0.1, -0.05) is 26.0 Å². The summed E-state index contributed by atoms with van der Waals surface area (Å²) in [5.41, 5.74) is 7.73. The molecule has 1 saturated heterocycles. The zero-order chi connectivity index (χ0) is 25.0. The van der Waals surface area contributed by atoms with Gasteiger partial charge in [-0.25, -0.2) is 0 Å². The summed E-state index contributed by atoms with van der Waals surface area (Å²) in [4.78, 5) is 4.26. The molecule has 0 bridgehead atoms. The Bertz CT molecular complexity index is 1240. The van der Waals surface area contributed by atoms with Gasteiger partial charge in [-0.15, -0.1) is 28.5 Å². The van der Waals surface area contributed by atoms with Crippen LogP contribution in [-0.2, 0) is 0 Å². The van der Waals surface area contributed by atoms with Crippen LogP contribution in [0.25, 0.3) is 17.0 Å². The molecule has 0 spiro atoms. The molecular formula is C23H28F3N7O2. The number of hydrogen-bond donors (Lipinski definition) is 1. The van der Waals surface area contributed by atoms with Crippen molar-refractivity contribution in [1.82, 2.24) is 19.8 Å². The third-order valence-electron chi connectivity index (χ3n) is 6.20. The molecule has 5 rings (SSSR count). The molecule has 2 aliphatic heterocycles. The van der Waals surface area contributed by atoms with E-state index in [0.717, 1.165) is 31.6 Å². The van der Waals surface area contributed by atoms with E-state index in [1.807, 2.05) is 7.05 Å². The van der Waals surface area contributed by atoms with E-state index >= 15 is 0 Å². The predicted octanol–water partition coefficient (Wildman–Crippen LogP) is 3.47. The normalized spacial score (nSPS) is 20.4. The molecule has 0 amide bonds. The zero-order valence-corrected chi connectivity index (χ0v) is 19.8. The summed E-state index contributed by atoms with van der Waals surface area (Å²) in [5, 5.41) is 13.5. The predicted molar refractivity (Wildman–Crippen MR) is 125 cm³/mol. The Hall–Kier alpha value is -3.28. The van der Waals surface area contributed by atoms with E-state index in [1.165, 1.54) is 22.7 Å². The van der Waals surface area contributed by atoms with E-state index in [0.29, 0.717) is 35.9 Å². The first-order valence-corrected chi connectivity index (χ1v) is 11.5. The van der Waals surface area contributed by atoms with E-state index in [4.69, 9.17) is 15.6 Å². The largest absolute Gasteiger partial charge is 0.573 e. The fraction of sp³-hybridized carbons (Fsp3) is 0.522. The molecule has 0 unspecified atom stereocenters. The number of aromatic nitrogens is 4. The van der Waals surface area contributed by atoms with Crippen LogP contribution < -0.4 is 25.0 Å². The monoisotopic (exact) mass is 491 g/mol. The van der Waals surface area contributed by atoms with Crippen LogP contribution in [0.4, 0.5) is 24.7 Å². The first-order chi connectivity index (χ1) is 16.5. The molecule has 0 aliphatic carbocycles. The third-order valence-corrected chi connectivity index (χ3v) is 6.20.